The molecule has 1 aromatic rings. The van der Waals surface area contributed by atoms with Gasteiger partial charge in [-0.15, -0.1) is 0 Å². The van der Waals surface area contributed by atoms with E-state index in [-0.39, 0.29) is 12.2 Å². The summed E-state index contributed by atoms with van der Waals surface area (Å²) in [5.74, 6) is -1.95. The highest BCUT2D eigenvalue weighted by Crippen LogP contribution is 2.18. The van der Waals surface area contributed by atoms with Crippen molar-refractivity contribution >= 4 is 17.7 Å². The van der Waals surface area contributed by atoms with Crippen LogP contribution < -0.4 is 10.2 Å². The van der Waals surface area contributed by atoms with E-state index in [1.165, 1.54) is 18.2 Å². The Labute approximate surface area is 109 Å². The number of para-hydroxylation sites is 1. The van der Waals surface area contributed by atoms with Gasteiger partial charge in [-0.05, 0) is 19.1 Å². The third-order valence-electron chi connectivity index (χ3n) is 2.48. The molecule has 104 valence electrons. The highest BCUT2D eigenvalue weighted by atomic mass is 19.1. The van der Waals surface area contributed by atoms with E-state index in [0.717, 1.165) is 4.90 Å². The number of halogens is 1. The predicted octanol–water partition coefficient (Wildman–Crippen LogP) is 0.807. The maximum atomic E-state index is 13.6. The molecule has 0 spiro atoms. The number of benzene rings is 1. The third kappa shape index (κ3) is 3.65. The molecule has 6 nitrogen and oxygen atoms in total. The van der Waals surface area contributed by atoms with Crippen LogP contribution in [0.5, 0.6) is 0 Å². The Morgan fingerprint density at radius 2 is 2.05 bits per heavy atom. The molecule has 3 N–H and O–H groups in total. The van der Waals surface area contributed by atoms with Crippen LogP contribution in [-0.4, -0.2) is 41.4 Å². The quantitative estimate of drug-likeness (QED) is 0.738. The summed E-state index contributed by atoms with van der Waals surface area (Å²) in [6, 6.07) is 3.45. The molecular weight excluding hydrogens is 255 g/mol. The van der Waals surface area contributed by atoms with E-state index in [1.807, 2.05) is 0 Å². The first-order chi connectivity index (χ1) is 9.01. The number of carbonyl (C=O) groups is 2. The van der Waals surface area contributed by atoms with Gasteiger partial charge in [-0.3, -0.25) is 4.90 Å². The Bertz CT molecular complexity index is 467. The number of aliphatic hydroxyl groups excluding tert-OH is 1. The number of aliphatic hydroxyl groups is 1. The number of urea groups is 1. The maximum Gasteiger partial charge on any atom is 0.328 e. The van der Waals surface area contributed by atoms with Gasteiger partial charge in [0.1, 0.15) is 5.82 Å². The van der Waals surface area contributed by atoms with E-state index in [1.54, 1.807) is 13.0 Å². The van der Waals surface area contributed by atoms with E-state index in [9.17, 15) is 14.0 Å². The zero-order chi connectivity index (χ0) is 14.4. The molecule has 0 unspecified atom stereocenters. The molecule has 0 saturated carbocycles. The minimum Gasteiger partial charge on any atom is -0.480 e. The molecule has 1 rings (SSSR count). The van der Waals surface area contributed by atoms with Crippen molar-refractivity contribution in [1.82, 2.24) is 5.32 Å². The van der Waals surface area contributed by atoms with Gasteiger partial charge in [-0.1, -0.05) is 12.1 Å². The van der Waals surface area contributed by atoms with Gasteiger partial charge in [0, 0.05) is 6.54 Å². The second kappa shape index (κ2) is 6.69. The summed E-state index contributed by atoms with van der Waals surface area (Å²) >= 11 is 0. The van der Waals surface area contributed by atoms with Gasteiger partial charge in [0.25, 0.3) is 0 Å². The Morgan fingerprint density at radius 1 is 1.42 bits per heavy atom. The molecule has 1 aromatic carbocycles. The molecule has 0 radical (unpaired) electrons. The van der Waals surface area contributed by atoms with Crippen molar-refractivity contribution in [3.05, 3.63) is 30.1 Å². The second-order valence-corrected chi connectivity index (χ2v) is 3.72. The van der Waals surface area contributed by atoms with E-state index < -0.39 is 30.5 Å². The lowest BCUT2D eigenvalue weighted by Crippen LogP contribution is -2.49. The number of hydrogen-bond donors (Lipinski definition) is 3. The van der Waals surface area contributed by atoms with Gasteiger partial charge in [-0.25, -0.2) is 14.0 Å². The Balaban J connectivity index is 2.89. The van der Waals surface area contributed by atoms with E-state index in [4.69, 9.17) is 10.2 Å². The highest BCUT2D eigenvalue weighted by Gasteiger charge is 2.23. The van der Waals surface area contributed by atoms with Gasteiger partial charge < -0.3 is 15.5 Å². The van der Waals surface area contributed by atoms with Crippen LogP contribution in [0.4, 0.5) is 14.9 Å². The van der Waals surface area contributed by atoms with Gasteiger partial charge in [0.05, 0.1) is 12.3 Å². The molecule has 1 atom stereocenters. The number of nitrogens with zero attached hydrogens (tertiary/aromatic N) is 1. The summed E-state index contributed by atoms with van der Waals surface area (Å²) in [5, 5.41) is 19.7. The molecule has 0 aliphatic heterocycles. The molecule has 0 heterocycles. The van der Waals surface area contributed by atoms with Crippen LogP contribution in [0.15, 0.2) is 24.3 Å². The zero-order valence-electron chi connectivity index (χ0n) is 10.3. The number of carboxylic acids is 1. The fourth-order valence-electron chi connectivity index (χ4n) is 1.51. The van der Waals surface area contributed by atoms with Crippen LogP contribution in [0.2, 0.25) is 0 Å². The Kier molecular flexibility index (Phi) is 5.25. The van der Waals surface area contributed by atoms with Crippen molar-refractivity contribution in [3.8, 4) is 0 Å². The summed E-state index contributed by atoms with van der Waals surface area (Å²) in [6.07, 6.45) is 0. The molecule has 7 heteroatoms. The van der Waals surface area contributed by atoms with Crippen molar-refractivity contribution in [3.63, 3.8) is 0 Å². The van der Waals surface area contributed by atoms with E-state index >= 15 is 0 Å². The van der Waals surface area contributed by atoms with Crippen LogP contribution in [0.25, 0.3) is 0 Å². The van der Waals surface area contributed by atoms with Crippen LogP contribution in [0.1, 0.15) is 6.92 Å². The lowest BCUT2D eigenvalue weighted by molar-refractivity contribution is -0.140. The molecule has 19 heavy (non-hydrogen) atoms. The maximum absolute atomic E-state index is 13.6. The fraction of sp³-hybridized carbons (Fsp3) is 0.333. The largest absolute Gasteiger partial charge is 0.480 e. The number of hydrogen-bond acceptors (Lipinski definition) is 3. The smallest absolute Gasteiger partial charge is 0.328 e. The second-order valence-electron chi connectivity index (χ2n) is 3.72. The Hall–Kier alpha value is -2.15. The van der Waals surface area contributed by atoms with Crippen LogP contribution in [0, 0.1) is 5.82 Å². The van der Waals surface area contributed by atoms with Crippen molar-refractivity contribution < 1.29 is 24.2 Å². The van der Waals surface area contributed by atoms with E-state index in [0.29, 0.717) is 0 Å². The van der Waals surface area contributed by atoms with Crippen molar-refractivity contribution in [1.29, 1.82) is 0 Å². The Morgan fingerprint density at radius 3 is 2.53 bits per heavy atom. The van der Waals surface area contributed by atoms with Crippen LogP contribution in [-0.2, 0) is 4.79 Å². The van der Waals surface area contributed by atoms with Gasteiger partial charge in [-0.2, -0.15) is 0 Å². The first kappa shape index (κ1) is 14.9. The lowest BCUT2D eigenvalue weighted by atomic mass is 10.2. The average molecular weight is 270 g/mol. The lowest BCUT2D eigenvalue weighted by Gasteiger charge is -2.23. The number of anilines is 1. The van der Waals surface area contributed by atoms with Crippen LogP contribution in [0.3, 0.4) is 0 Å². The van der Waals surface area contributed by atoms with Gasteiger partial charge in [0.15, 0.2) is 6.04 Å². The third-order valence-corrected chi connectivity index (χ3v) is 2.48. The molecular formula is C12H15FN2O4. The first-order valence-electron chi connectivity index (χ1n) is 5.67. The average Bonchev–Trinajstić information content (AvgIpc) is 2.38. The minimum atomic E-state index is -1.42. The van der Waals surface area contributed by atoms with Crippen molar-refractivity contribution in [2.45, 2.75) is 13.0 Å². The molecule has 0 bridgehead atoms. The molecule has 0 saturated heterocycles. The summed E-state index contributed by atoms with van der Waals surface area (Å²) in [6.45, 7) is 1.04. The topological polar surface area (TPSA) is 89.9 Å². The molecule has 2 amide bonds. The summed E-state index contributed by atoms with van der Waals surface area (Å²) < 4.78 is 13.6. The number of rotatable bonds is 5. The molecule has 0 aliphatic rings. The highest BCUT2D eigenvalue weighted by molar-refractivity contribution is 5.94. The summed E-state index contributed by atoms with van der Waals surface area (Å²) in [5.41, 5.74) is 0.0459. The van der Waals surface area contributed by atoms with E-state index in [2.05, 4.69) is 5.32 Å². The van der Waals surface area contributed by atoms with Crippen LogP contribution >= 0.6 is 0 Å². The summed E-state index contributed by atoms with van der Waals surface area (Å²) in [4.78, 5) is 23.6. The predicted molar refractivity (Wildman–Crippen MR) is 66.5 cm³/mol. The number of carbonyl (C=O) groups excluding carboxylic acids is 1. The normalized spacial score (nSPS) is 11.7. The monoisotopic (exact) mass is 270 g/mol. The SMILES string of the molecule is CCN(C(=O)N[C@H](CO)C(=O)O)c1ccccc1F. The standard InChI is InChI=1S/C12H15FN2O4/c1-2-15(10-6-4-3-5-8(10)13)12(19)14-9(7-16)11(17)18/h3-6,9,16H,2,7H2,1H3,(H,14,19)(H,17,18)/t9-/m1/s1. The van der Waals surface area contributed by atoms with Gasteiger partial charge in [0.2, 0.25) is 0 Å². The minimum absolute atomic E-state index is 0.0459. The van der Waals surface area contributed by atoms with Crippen molar-refractivity contribution in [2.75, 3.05) is 18.1 Å². The number of aliphatic carboxylic acids is 1. The summed E-state index contributed by atoms with van der Waals surface area (Å²) in [7, 11) is 0. The number of carboxylic acid groups (broad SMARTS) is 1. The fourth-order valence-corrected chi connectivity index (χ4v) is 1.51. The number of amides is 2. The molecule has 0 aromatic heterocycles. The molecule has 0 fully saturated rings. The number of nitrogens with one attached hydrogen (secondary N) is 1. The van der Waals surface area contributed by atoms with Crippen molar-refractivity contribution in [2.24, 2.45) is 0 Å². The molecule has 0 aliphatic carbocycles. The zero-order valence-corrected chi connectivity index (χ0v) is 10.3. The first-order valence-corrected chi connectivity index (χ1v) is 5.67. The van der Waals surface area contributed by atoms with Gasteiger partial charge >= 0.3 is 12.0 Å².